The summed E-state index contributed by atoms with van der Waals surface area (Å²) in [6, 6.07) is 3.21. The average Bonchev–Trinajstić information content (AvgIpc) is 2.48. The minimum Gasteiger partial charge on any atom is -0.496 e. The fraction of sp³-hybridized carbons (Fsp3) is 0.625. The number of sulfonamides is 1. The molecular weight excluding hydrogens is 302 g/mol. The van der Waals surface area contributed by atoms with Crippen molar-refractivity contribution in [2.45, 2.75) is 50.5 Å². The van der Waals surface area contributed by atoms with Crippen LogP contribution >= 0.6 is 0 Å². The van der Waals surface area contributed by atoms with E-state index in [2.05, 4.69) is 11.6 Å². The van der Waals surface area contributed by atoms with Crippen molar-refractivity contribution in [1.82, 2.24) is 4.72 Å². The topological polar surface area (TPSA) is 64.6 Å². The summed E-state index contributed by atoms with van der Waals surface area (Å²) in [5.41, 5.74) is 0.837. The quantitative estimate of drug-likeness (QED) is 0.903. The van der Waals surface area contributed by atoms with E-state index < -0.39 is 10.0 Å². The highest BCUT2D eigenvalue weighted by molar-refractivity contribution is 7.89. The van der Waals surface area contributed by atoms with E-state index in [4.69, 9.17) is 9.47 Å². The highest BCUT2D eigenvalue weighted by Crippen LogP contribution is 2.33. The number of nitrogens with one attached hydrogen (secondary N) is 1. The van der Waals surface area contributed by atoms with Gasteiger partial charge in [-0.2, -0.15) is 0 Å². The first kappa shape index (κ1) is 17.1. The van der Waals surface area contributed by atoms with Crippen LogP contribution in [0.15, 0.2) is 17.0 Å². The zero-order chi connectivity index (χ0) is 16.3. The zero-order valence-corrected chi connectivity index (χ0v) is 14.5. The van der Waals surface area contributed by atoms with Gasteiger partial charge < -0.3 is 9.47 Å². The summed E-state index contributed by atoms with van der Waals surface area (Å²) < 4.78 is 38.9. The molecule has 1 N–H and O–H groups in total. The molecule has 1 saturated carbocycles. The maximum Gasteiger partial charge on any atom is 0.244 e. The van der Waals surface area contributed by atoms with Crippen LogP contribution in [-0.4, -0.2) is 28.7 Å². The predicted molar refractivity (Wildman–Crippen MR) is 86.0 cm³/mol. The molecule has 1 aromatic carbocycles. The Labute approximate surface area is 133 Å². The van der Waals surface area contributed by atoms with Crippen LogP contribution in [0.3, 0.4) is 0 Å². The Morgan fingerprint density at radius 2 is 1.73 bits per heavy atom. The molecule has 124 valence electrons. The van der Waals surface area contributed by atoms with Gasteiger partial charge in [0.05, 0.1) is 14.2 Å². The van der Waals surface area contributed by atoms with E-state index >= 15 is 0 Å². The van der Waals surface area contributed by atoms with Crippen LogP contribution in [0.1, 0.15) is 38.2 Å². The van der Waals surface area contributed by atoms with Crippen LogP contribution in [0.25, 0.3) is 0 Å². The summed E-state index contributed by atoms with van der Waals surface area (Å²) in [5, 5.41) is 0. The van der Waals surface area contributed by atoms with Gasteiger partial charge in [0, 0.05) is 12.1 Å². The molecule has 1 aromatic rings. The molecule has 5 nitrogen and oxygen atoms in total. The largest absolute Gasteiger partial charge is 0.496 e. The fourth-order valence-corrected chi connectivity index (χ4v) is 4.53. The van der Waals surface area contributed by atoms with Crippen molar-refractivity contribution in [3.05, 3.63) is 17.7 Å². The third kappa shape index (κ3) is 3.55. The Morgan fingerprint density at radius 3 is 2.32 bits per heavy atom. The number of aryl methyl sites for hydroxylation is 1. The second kappa shape index (κ2) is 6.87. The van der Waals surface area contributed by atoms with E-state index in [0.717, 1.165) is 24.8 Å². The Balaban J connectivity index is 2.35. The molecule has 1 aliphatic carbocycles. The number of benzene rings is 1. The molecule has 0 aromatic heterocycles. The Morgan fingerprint density at radius 1 is 1.09 bits per heavy atom. The van der Waals surface area contributed by atoms with Crippen molar-refractivity contribution in [1.29, 1.82) is 0 Å². The van der Waals surface area contributed by atoms with Crippen LogP contribution in [0, 0.1) is 12.8 Å². The molecule has 0 spiro atoms. The Bertz CT molecular complexity index is 627. The maximum absolute atomic E-state index is 12.8. The molecule has 0 amide bonds. The number of hydrogen-bond acceptors (Lipinski definition) is 4. The van der Waals surface area contributed by atoms with Crippen molar-refractivity contribution in [2.75, 3.05) is 14.2 Å². The van der Waals surface area contributed by atoms with E-state index in [1.165, 1.54) is 26.7 Å². The van der Waals surface area contributed by atoms with E-state index in [1.807, 2.05) is 6.92 Å². The molecule has 0 radical (unpaired) electrons. The van der Waals surface area contributed by atoms with Gasteiger partial charge in [-0.15, -0.1) is 0 Å². The first-order chi connectivity index (χ1) is 10.4. The lowest BCUT2D eigenvalue weighted by Crippen LogP contribution is -2.41. The normalized spacial score (nSPS) is 22.4. The molecule has 2 rings (SSSR count). The molecule has 0 unspecified atom stereocenters. The summed E-state index contributed by atoms with van der Waals surface area (Å²) in [4.78, 5) is 0.134. The highest BCUT2D eigenvalue weighted by atomic mass is 32.2. The molecule has 1 fully saturated rings. The van der Waals surface area contributed by atoms with Crippen molar-refractivity contribution in [3.8, 4) is 11.5 Å². The van der Waals surface area contributed by atoms with Crippen molar-refractivity contribution in [2.24, 2.45) is 5.92 Å². The second-order valence-corrected chi connectivity index (χ2v) is 7.64. The lowest BCUT2D eigenvalue weighted by molar-refractivity contribution is 0.310. The molecule has 0 bridgehead atoms. The summed E-state index contributed by atoms with van der Waals surface area (Å²) in [7, 11) is -0.635. The Kier molecular flexibility index (Phi) is 5.34. The molecular formula is C16H25NO4S. The minimum atomic E-state index is -3.64. The highest BCUT2D eigenvalue weighted by Gasteiger charge is 2.29. The van der Waals surface area contributed by atoms with Crippen LogP contribution < -0.4 is 14.2 Å². The number of ether oxygens (including phenoxy) is 2. The lowest BCUT2D eigenvalue weighted by Gasteiger charge is -2.29. The van der Waals surface area contributed by atoms with Gasteiger partial charge >= 0.3 is 0 Å². The van der Waals surface area contributed by atoms with E-state index in [0.29, 0.717) is 17.4 Å². The predicted octanol–water partition coefficient (Wildman–Crippen LogP) is 2.87. The first-order valence-corrected chi connectivity index (χ1v) is 9.12. The molecule has 0 aliphatic heterocycles. The minimum absolute atomic E-state index is 0.0178. The molecule has 6 heteroatoms. The smallest absolute Gasteiger partial charge is 0.244 e. The molecule has 0 saturated heterocycles. The van der Waals surface area contributed by atoms with Gasteiger partial charge in [0.15, 0.2) is 0 Å². The van der Waals surface area contributed by atoms with Crippen molar-refractivity contribution >= 4 is 10.0 Å². The van der Waals surface area contributed by atoms with Crippen LogP contribution in [0.4, 0.5) is 0 Å². The van der Waals surface area contributed by atoms with Crippen molar-refractivity contribution in [3.63, 3.8) is 0 Å². The molecule has 0 heterocycles. The summed E-state index contributed by atoms with van der Waals surface area (Å²) in [6.45, 7) is 3.95. The van der Waals surface area contributed by atoms with Gasteiger partial charge in [-0.1, -0.05) is 19.8 Å². The van der Waals surface area contributed by atoms with Gasteiger partial charge in [0.1, 0.15) is 16.4 Å². The average molecular weight is 327 g/mol. The molecule has 22 heavy (non-hydrogen) atoms. The van der Waals surface area contributed by atoms with Crippen LogP contribution in [-0.2, 0) is 10.0 Å². The summed E-state index contributed by atoms with van der Waals surface area (Å²) >= 11 is 0. The second-order valence-electron chi connectivity index (χ2n) is 5.96. The molecule has 1 aliphatic rings. The third-order valence-corrected chi connectivity index (χ3v) is 5.90. The fourth-order valence-electron chi connectivity index (χ4n) is 2.99. The SMILES string of the molecule is COc1cc(S(=O)(=O)N[C@@H]2CCCC[C@@H]2C)c(OC)cc1C. The van der Waals surface area contributed by atoms with Gasteiger partial charge in [-0.3, -0.25) is 0 Å². The van der Waals surface area contributed by atoms with Crippen LogP contribution in [0.2, 0.25) is 0 Å². The lowest BCUT2D eigenvalue weighted by atomic mass is 9.87. The van der Waals surface area contributed by atoms with Gasteiger partial charge in [0.25, 0.3) is 0 Å². The van der Waals surface area contributed by atoms with E-state index in [-0.39, 0.29) is 10.9 Å². The maximum atomic E-state index is 12.8. The van der Waals surface area contributed by atoms with E-state index in [1.54, 1.807) is 6.07 Å². The van der Waals surface area contributed by atoms with Crippen molar-refractivity contribution < 1.29 is 17.9 Å². The standard InChI is InChI=1S/C16H25NO4S/c1-11-7-5-6-8-13(11)17-22(18,19)16-10-14(20-3)12(2)9-15(16)21-4/h9-11,13,17H,5-8H2,1-4H3/t11-,13+/m0/s1. The number of rotatable bonds is 5. The van der Waals surface area contributed by atoms with Crippen LogP contribution in [0.5, 0.6) is 11.5 Å². The summed E-state index contributed by atoms with van der Waals surface area (Å²) in [5.74, 6) is 1.23. The summed E-state index contributed by atoms with van der Waals surface area (Å²) in [6.07, 6.45) is 4.17. The number of hydrogen-bond donors (Lipinski definition) is 1. The molecule has 2 atom stereocenters. The zero-order valence-electron chi connectivity index (χ0n) is 13.7. The first-order valence-electron chi connectivity index (χ1n) is 7.64. The van der Waals surface area contributed by atoms with Gasteiger partial charge in [-0.25, -0.2) is 13.1 Å². The number of methoxy groups -OCH3 is 2. The third-order valence-electron chi connectivity index (χ3n) is 4.39. The monoisotopic (exact) mass is 327 g/mol. The van der Waals surface area contributed by atoms with Gasteiger partial charge in [0.2, 0.25) is 10.0 Å². The van der Waals surface area contributed by atoms with Gasteiger partial charge in [-0.05, 0) is 37.3 Å². The Hall–Kier alpha value is -1.27. The van der Waals surface area contributed by atoms with E-state index in [9.17, 15) is 8.42 Å².